The fourth-order valence-corrected chi connectivity index (χ4v) is 9.87. The molecule has 57 heavy (non-hydrogen) atoms. The maximum absolute atomic E-state index is 14.4. The van der Waals surface area contributed by atoms with Crippen LogP contribution in [0.25, 0.3) is 0 Å². The number of oxime groups is 1. The largest absolute Gasteiger partial charge is 0.459 e. The Labute approximate surface area is 341 Å². The number of fused-ring (bicyclic) bond motifs is 2. The molecule has 1 aliphatic heterocycles. The van der Waals surface area contributed by atoms with Crippen LogP contribution in [0, 0.1) is 37.5 Å². The SMILES string of the molecule is C=CCOC12Oc3ccc(Oc4ccc(C)c(C)c4)cc3C3C(CCCCO)C(CCCCO)C=C(C(=NOC(C)(C)C)CC1N(C)C(=O)CCC1CCCC1)C32. The van der Waals surface area contributed by atoms with Gasteiger partial charge >= 0.3 is 0 Å². The average Bonchev–Trinajstić information content (AvgIpc) is 3.71. The summed E-state index contributed by atoms with van der Waals surface area (Å²) in [5, 5.41) is 24.7. The van der Waals surface area contributed by atoms with Gasteiger partial charge in [0.15, 0.2) is 0 Å². The zero-order chi connectivity index (χ0) is 40.7. The number of rotatable bonds is 18. The summed E-state index contributed by atoms with van der Waals surface area (Å²) in [7, 11) is 1.91. The number of aliphatic hydroxyl groups excluding tert-OH is 2. The van der Waals surface area contributed by atoms with Gasteiger partial charge in [0.05, 0.1) is 18.2 Å². The number of carbonyl (C=O) groups is 1. The van der Waals surface area contributed by atoms with Gasteiger partial charge in [0.25, 0.3) is 0 Å². The Morgan fingerprint density at radius 3 is 2.37 bits per heavy atom. The van der Waals surface area contributed by atoms with E-state index >= 15 is 0 Å². The van der Waals surface area contributed by atoms with Crippen molar-refractivity contribution in [2.24, 2.45) is 28.8 Å². The molecule has 9 heteroatoms. The molecule has 0 bridgehead atoms. The predicted molar refractivity (Wildman–Crippen MR) is 226 cm³/mol. The van der Waals surface area contributed by atoms with E-state index in [-0.39, 0.29) is 49.4 Å². The lowest BCUT2D eigenvalue weighted by molar-refractivity contribution is -0.255. The molecule has 3 aliphatic carbocycles. The number of hydrogen-bond acceptors (Lipinski definition) is 8. The van der Waals surface area contributed by atoms with E-state index in [4.69, 9.17) is 24.2 Å². The number of amides is 1. The van der Waals surface area contributed by atoms with Crippen molar-refractivity contribution in [1.29, 1.82) is 0 Å². The first-order chi connectivity index (χ1) is 27.4. The molecule has 0 radical (unpaired) electrons. The standard InChI is InChI=1S/C48H68N2O7/c1-8-27-54-48-43(50(7)44(53)24-20-34-15-9-10-16-34)31-41(49-57-47(4,5)6)39-29-35(17-11-13-25-51)38(18-12-14-26-52)45(46(39)48)40-30-37(22-23-42(40)56-48)55-36-21-19-32(2)33(3)28-36/h8,19,21-23,28-30,34-35,38,43,45-46,51-52H,1,9-18,20,24-27,31H2,2-7H3. The van der Waals surface area contributed by atoms with Crippen LogP contribution in [-0.2, 0) is 14.4 Å². The van der Waals surface area contributed by atoms with Crippen molar-refractivity contribution in [1.82, 2.24) is 4.90 Å². The first-order valence-corrected chi connectivity index (χ1v) is 21.7. The lowest BCUT2D eigenvalue weighted by atomic mass is 9.55. The van der Waals surface area contributed by atoms with Gasteiger partial charge in [-0.25, -0.2) is 0 Å². The molecule has 1 heterocycles. The molecule has 9 nitrogen and oxygen atoms in total. The Bertz CT molecular complexity index is 1760. The molecule has 0 spiro atoms. The van der Waals surface area contributed by atoms with Crippen LogP contribution in [0.2, 0.25) is 0 Å². The smallest absolute Gasteiger partial charge is 0.239 e. The second-order valence-electron chi connectivity index (χ2n) is 18.0. The first kappa shape index (κ1) is 42.9. The number of likely N-dealkylation sites (N-methyl/N-ethyl adjacent to an activating group) is 1. The molecule has 0 aromatic heterocycles. The summed E-state index contributed by atoms with van der Waals surface area (Å²) < 4.78 is 21.0. The quantitative estimate of drug-likeness (QED) is 0.0880. The van der Waals surface area contributed by atoms with Crippen molar-refractivity contribution in [2.75, 3.05) is 26.9 Å². The summed E-state index contributed by atoms with van der Waals surface area (Å²) in [6.07, 6.45) is 15.7. The molecule has 0 saturated heterocycles. The highest BCUT2D eigenvalue weighted by molar-refractivity contribution is 6.03. The minimum atomic E-state index is -1.25. The van der Waals surface area contributed by atoms with Crippen molar-refractivity contribution in [3.8, 4) is 17.2 Å². The van der Waals surface area contributed by atoms with Crippen molar-refractivity contribution in [2.45, 2.75) is 141 Å². The Balaban J connectivity index is 1.53. The summed E-state index contributed by atoms with van der Waals surface area (Å²) in [6, 6.07) is 11.8. The lowest BCUT2D eigenvalue weighted by Gasteiger charge is -2.59. The van der Waals surface area contributed by atoms with Gasteiger partial charge in [-0.15, -0.1) is 6.58 Å². The molecule has 312 valence electrons. The fraction of sp³-hybridized carbons (Fsp3) is 0.625. The molecule has 6 unspecified atom stereocenters. The van der Waals surface area contributed by atoms with Crippen molar-refractivity contribution >= 4 is 11.6 Å². The summed E-state index contributed by atoms with van der Waals surface area (Å²) in [6.45, 7) is 14.7. The first-order valence-electron chi connectivity index (χ1n) is 21.7. The number of aliphatic hydroxyl groups is 2. The highest BCUT2D eigenvalue weighted by atomic mass is 16.7. The minimum absolute atomic E-state index is 0.0808. The molecule has 2 aromatic carbocycles. The minimum Gasteiger partial charge on any atom is -0.459 e. The number of unbranched alkanes of at least 4 members (excludes halogenated alkanes) is 2. The number of benzene rings is 2. The molecular formula is C48H68N2O7. The van der Waals surface area contributed by atoms with Crippen LogP contribution < -0.4 is 9.47 Å². The average molecular weight is 785 g/mol. The van der Waals surface area contributed by atoms with E-state index < -0.39 is 17.4 Å². The molecular weight excluding hydrogens is 717 g/mol. The van der Waals surface area contributed by atoms with Crippen LogP contribution in [0.5, 0.6) is 17.2 Å². The van der Waals surface area contributed by atoms with Crippen LogP contribution in [0.1, 0.15) is 127 Å². The fourth-order valence-electron chi connectivity index (χ4n) is 9.87. The van der Waals surface area contributed by atoms with Crippen LogP contribution in [0.4, 0.5) is 0 Å². The molecule has 4 aliphatic rings. The van der Waals surface area contributed by atoms with Gasteiger partial charge in [-0.1, -0.05) is 61.9 Å². The molecule has 6 atom stereocenters. The third-order valence-corrected chi connectivity index (χ3v) is 12.9. The van der Waals surface area contributed by atoms with E-state index in [2.05, 4.69) is 44.7 Å². The predicted octanol–water partition coefficient (Wildman–Crippen LogP) is 9.96. The number of ether oxygens (including phenoxy) is 3. The topological polar surface area (TPSA) is 110 Å². The Morgan fingerprint density at radius 1 is 0.982 bits per heavy atom. The molecule has 2 fully saturated rings. The van der Waals surface area contributed by atoms with Gasteiger partial charge in [0.1, 0.15) is 28.9 Å². The van der Waals surface area contributed by atoms with E-state index in [9.17, 15) is 15.0 Å². The third-order valence-electron chi connectivity index (χ3n) is 12.9. The lowest BCUT2D eigenvalue weighted by Crippen LogP contribution is -2.69. The monoisotopic (exact) mass is 785 g/mol. The second-order valence-corrected chi connectivity index (χ2v) is 18.0. The number of carbonyl (C=O) groups excluding carboxylic acids is 1. The molecule has 2 aromatic rings. The maximum atomic E-state index is 14.4. The molecule has 6 rings (SSSR count). The number of hydrogen-bond donors (Lipinski definition) is 2. The van der Waals surface area contributed by atoms with Gasteiger partial charge in [0, 0.05) is 44.6 Å². The van der Waals surface area contributed by atoms with Crippen LogP contribution in [-0.4, -0.2) is 71.0 Å². The van der Waals surface area contributed by atoms with E-state index in [1.54, 1.807) is 6.08 Å². The molecule has 1 amide bonds. The Morgan fingerprint density at radius 2 is 1.68 bits per heavy atom. The van der Waals surface area contributed by atoms with Crippen molar-refractivity contribution in [3.63, 3.8) is 0 Å². The Hall–Kier alpha value is -3.66. The van der Waals surface area contributed by atoms with Gasteiger partial charge in [-0.3, -0.25) is 4.79 Å². The highest BCUT2D eigenvalue weighted by Gasteiger charge is 2.65. The van der Waals surface area contributed by atoms with E-state index in [0.717, 1.165) is 78.2 Å². The highest BCUT2D eigenvalue weighted by Crippen LogP contribution is 2.62. The molecule has 2 N–H and O–H groups in total. The summed E-state index contributed by atoms with van der Waals surface area (Å²) >= 11 is 0. The number of allylic oxidation sites excluding steroid dienone is 1. The van der Waals surface area contributed by atoms with Crippen LogP contribution in [0.3, 0.4) is 0 Å². The van der Waals surface area contributed by atoms with Gasteiger partial charge in [0.2, 0.25) is 11.7 Å². The van der Waals surface area contributed by atoms with Gasteiger partial charge in [-0.2, -0.15) is 0 Å². The Kier molecular flexibility index (Phi) is 14.3. The number of nitrogens with zero attached hydrogens (tertiary/aromatic N) is 2. The van der Waals surface area contributed by atoms with Crippen LogP contribution >= 0.6 is 0 Å². The summed E-state index contributed by atoms with van der Waals surface area (Å²) in [4.78, 5) is 22.5. The zero-order valence-corrected chi connectivity index (χ0v) is 35.4. The van der Waals surface area contributed by atoms with E-state index in [0.29, 0.717) is 25.2 Å². The zero-order valence-electron chi connectivity index (χ0n) is 35.4. The normalized spacial score (nSPS) is 26.3. The molecule has 2 saturated carbocycles. The second kappa shape index (κ2) is 18.9. The summed E-state index contributed by atoms with van der Waals surface area (Å²) in [5.74, 6) is 1.48. The number of aryl methyl sites for hydroxylation is 2. The van der Waals surface area contributed by atoms with Crippen molar-refractivity contribution < 1.29 is 34.1 Å². The van der Waals surface area contributed by atoms with Crippen LogP contribution in [0.15, 0.2) is 65.9 Å². The van der Waals surface area contributed by atoms with Crippen molar-refractivity contribution in [3.05, 3.63) is 77.4 Å². The van der Waals surface area contributed by atoms with E-state index in [1.807, 2.05) is 50.9 Å². The summed E-state index contributed by atoms with van der Waals surface area (Å²) in [5.41, 5.74) is 4.73. The maximum Gasteiger partial charge on any atom is 0.239 e. The van der Waals surface area contributed by atoms with E-state index in [1.165, 1.54) is 31.2 Å². The van der Waals surface area contributed by atoms with Gasteiger partial charge < -0.3 is 34.2 Å². The third kappa shape index (κ3) is 9.80. The van der Waals surface area contributed by atoms with Gasteiger partial charge in [-0.05, 0) is 132 Å².